The van der Waals surface area contributed by atoms with Crippen molar-refractivity contribution in [1.82, 2.24) is 5.32 Å². The van der Waals surface area contributed by atoms with Crippen LogP contribution in [0.2, 0.25) is 5.02 Å². The summed E-state index contributed by atoms with van der Waals surface area (Å²) < 4.78 is 5.02. The summed E-state index contributed by atoms with van der Waals surface area (Å²) in [7, 11) is 1.36. The third-order valence-corrected chi connectivity index (χ3v) is 4.02. The Kier molecular flexibility index (Phi) is 5.49. The zero-order valence-corrected chi connectivity index (χ0v) is 13.1. The quantitative estimate of drug-likeness (QED) is 0.790. The van der Waals surface area contributed by atoms with Gasteiger partial charge in [-0.2, -0.15) is 0 Å². The van der Waals surface area contributed by atoms with Gasteiger partial charge in [0.05, 0.1) is 17.8 Å². The highest BCUT2D eigenvalue weighted by atomic mass is 35.5. The van der Waals surface area contributed by atoms with Crippen LogP contribution in [0.3, 0.4) is 0 Å². The number of carboxylic acid groups (broad SMARTS) is 1. The molecule has 0 bridgehead atoms. The predicted octanol–water partition coefficient (Wildman–Crippen LogP) is 3.50. The maximum atomic E-state index is 12.0. The van der Waals surface area contributed by atoms with Gasteiger partial charge in [0, 0.05) is 12.1 Å². The van der Waals surface area contributed by atoms with Crippen molar-refractivity contribution >= 4 is 29.3 Å². The number of methoxy groups -OCH3 is 1. The maximum Gasteiger partial charge on any atom is 0.339 e. The third-order valence-electron chi connectivity index (χ3n) is 3.71. The molecule has 2 amide bonds. The van der Waals surface area contributed by atoms with Gasteiger partial charge in [-0.3, -0.25) is 0 Å². The molecule has 6 nitrogen and oxygen atoms in total. The van der Waals surface area contributed by atoms with Gasteiger partial charge < -0.3 is 20.5 Å². The Balaban J connectivity index is 2.08. The van der Waals surface area contributed by atoms with Crippen LogP contribution in [-0.4, -0.2) is 30.3 Å². The summed E-state index contributed by atoms with van der Waals surface area (Å²) in [6, 6.07) is 2.50. The molecule has 0 spiro atoms. The van der Waals surface area contributed by atoms with Gasteiger partial charge in [-0.05, 0) is 18.9 Å². The molecular formula is C15H19ClN2O4. The van der Waals surface area contributed by atoms with Crippen LogP contribution in [-0.2, 0) is 0 Å². The zero-order chi connectivity index (χ0) is 16.1. The minimum absolute atomic E-state index is 0.0502. The van der Waals surface area contributed by atoms with Crippen LogP contribution >= 0.6 is 11.6 Å². The number of hydrogen-bond donors (Lipinski definition) is 3. The van der Waals surface area contributed by atoms with Crippen molar-refractivity contribution in [2.45, 2.75) is 38.1 Å². The van der Waals surface area contributed by atoms with Crippen LogP contribution < -0.4 is 15.4 Å². The molecule has 1 aliphatic rings. The van der Waals surface area contributed by atoms with E-state index in [-0.39, 0.29) is 28.4 Å². The summed E-state index contributed by atoms with van der Waals surface area (Å²) in [5.74, 6) is -0.998. The molecule has 120 valence electrons. The number of urea groups is 1. The fraction of sp³-hybridized carbons (Fsp3) is 0.467. The summed E-state index contributed by atoms with van der Waals surface area (Å²) in [6.45, 7) is 0. The lowest BCUT2D eigenvalue weighted by Gasteiger charge is -2.23. The number of hydrogen-bond acceptors (Lipinski definition) is 3. The topological polar surface area (TPSA) is 87.7 Å². The molecule has 0 radical (unpaired) electrons. The van der Waals surface area contributed by atoms with Crippen LogP contribution in [0.5, 0.6) is 5.75 Å². The van der Waals surface area contributed by atoms with Gasteiger partial charge >= 0.3 is 12.0 Å². The third kappa shape index (κ3) is 4.04. The molecule has 1 saturated carbocycles. The monoisotopic (exact) mass is 326 g/mol. The Labute approximate surface area is 133 Å². The Hall–Kier alpha value is -1.95. The highest BCUT2D eigenvalue weighted by Gasteiger charge is 2.18. The second-order valence-corrected chi connectivity index (χ2v) is 5.68. The highest BCUT2D eigenvalue weighted by molar-refractivity contribution is 6.34. The van der Waals surface area contributed by atoms with Gasteiger partial charge in [-0.25, -0.2) is 9.59 Å². The van der Waals surface area contributed by atoms with E-state index in [1.165, 1.54) is 25.7 Å². The van der Waals surface area contributed by atoms with Crippen LogP contribution in [0.1, 0.15) is 42.5 Å². The number of halogens is 1. The molecule has 22 heavy (non-hydrogen) atoms. The van der Waals surface area contributed by atoms with Gasteiger partial charge in [-0.15, -0.1) is 0 Å². The smallest absolute Gasteiger partial charge is 0.339 e. The highest BCUT2D eigenvalue weighted by Crippen LogP contribution is 2.31. The minimum atomic E-state index is -1.14. The van der Waals surface area contributed by atoms with Crippen LogP contribution in [0.15, 0.2) is 12.1 Å². The van der Waals surface area contributed by atoms with Gasteiger partial charge in [-0.1, -0.05) is 30.9 Å². The van der Waals surface area contributed by atoms with Crippen molar-refractivity contribution in [3.05, 3.63) is 22.7 Å². The van der Waals surface area contributed by atoms with Crippen LogP contribution in [0, 0.1) is 0 Å². The van der Waals surface area contributed by atoms with E-state index in [1.54, 1.807) is 0 Å². The number of carbonyl (C=O) groups excluding carboxylic acids is 1. The predicted molar refractivity (Wildman–Crippen MR) is 84.0 cm³/mol. The number of carboxylic acids is 1. The molecule has 3 N–H and O–H groups in total. The van der Waals surface area contributed by atoms with Crippen LogP contribution in [0.25, 0.3) is 0 Å². The number of anilines is 1. The van der Waals surface area contributed by atoms with E-state index >= 15 is 0 Å². The first kappa shape index (κ1) is 16.4. The SMILES string of the molecule is COc1cc(NC(=O)NC2CCCCC2)c(Cl)cc1C(=O)O. The molecule has 2 rings (SSSR count). The Morgan fingerprint density at radius 1 is 1.27 bits per heavy atom. The molecule has 1 aromatic rings. The Bertz CT molecular complexity index is 571. The molecule has 0 unspecified atom stereocenters. The summed E-state index contributed by atoms with van der Waals surface area (Å²) in [6.07, 6.45) is 5.39. The normalized spacial score (nSPS) is 15.2. The molecule has 0 aromatic heterocycles. The molecule has 0 atom stereocenters. The summed E-state index contributed by atoms with van der Waals surface area (Å²) in [5.41, 5.74) is 0.266. The van der Waals surface area contributed by atoms with E-state index in [2.05, 4.69) is 10.6 Å². The number of ether oxygens (including phenoxy) is 1. The van der Waals surface area contributed by atoms with Crippen molar-refractivity contribution in [2.75, 3.05) is 12.4 Å². The number of aromatic carboxylic acids is 1. The van der Waals surface area contributed by atoms with Crippen LogP contribution in [0.4, 0.5) is 10.5 Å². The second-order valence-electron chi connectivity index (χ2n) is 5.27. The number of carbonyl (C=O) groups is 2. The lowest BCUT2D eigenvalue weighted by molar-refractivity contribution is 0.0693. The van der Waals surface area contributed by atoms with Gasteiger partial charge in [0.25, 0.3) is 0 Å². The number of nitrogens with one attached hydrogen (secondary N) is 2. The van der Waals surface area contributed by atoms with Gasteiger partial charge in [0.15, 0.2) is 0 Å². The lowest BCUT2D eigenvalue weighted by atomic mass is 9.96. The van der Waals surface area contributed by atoms with E-state index in [9.17, 15) is 9.59 Å². The molecule has 0 saturated heterocycles. The van der Waals surface area contributed by atoms with Crippen molar-refractivity contribution in [2.24, 2.45) is 0 Å². The first-order valence-corrected chi connectivity index (χ1v) is 7.57. The lowest BCUT2D eigenvalue weighted by Crippen LogP contribution is -2.39. The van der Waals surface area contributed by atoms with Crippen molar-refractivity contribution in [1.29, 1.82) is 0 Å². The van der Waals surface area contributed by atoms with E-state index in [4.69, 9.17) is 21.4 Å². The molecule has 7 heteroatoms. The second kappa shape index (κ2) is 7.35. The summed E-state index contributed by atoms with van der Waals surface area (Å²) in [4.78, 5) is 23.1. The first-order valence-electron chi connectivity index (χ1n) is 7.19. The van der Waals surface area contributed by atoms with E-state index in [0.29, 0.717) is 5.69 Å². The number of rotatable bonds is 4. The zero-order valence-electron chi connectivity index (χ0n) is 12.3. The minimum Gasteiger partial charge on any atom is -0.496 e. The molecule has 1 aromatic carbocycles. The van der Waals surface area contributed by atoms with Gasteiger partial charge in [0.2, 0.25) is 0 Å². The van der Waals surface area contributed by atoms with Crippen molar-refractivity contribution < 1.29 is 19.4 Å². The van der Waals surface area contributed by atoms with Crippen molar-refractivity contribution in [3.8, 4) is 5.75 Å². The van der Waals surface area contributed by atoms with E-state index in [0.717, 1.165) is 25.7 Å². The molecule has 0 aliphatic heterocycles. The van der Waals surface area contributed by atoms with Crippen molar-refractivity contribution in [3.63, 3.8) is 0 Å². The fourth-order valence-electron chi connectivity index (χ4n) is 2.58. The average molecular weight is 327 g/mol. The molecule has 1 aliphatic carbocycles. The Morgan fingerprint density at radius 2 is 1.95 bits per heavy atom. The fourth-order valence-corrected chi connectivity index (χ4v) is 2.79. The van der Waals surface area contributed by atoms with E-state index < -0.39 is 5.97 Å². The standard InChI is InChI=1S/C15H19ClN2O4/c1-22-13-8-12(11(16)7-10(13)14(19)20)18-15(21)17-9-5-3-2-4-6-9/h7-9H,2-6H2,1H3,(H,19,20)(H2,17,18,21). The number of amides is 2. The first-order chi connectivity index (χ1) is 10.5. The average Bonchev–Trinajstić information content (AvgIpc) is 2.49. The van der Waals surface area contributed by atoms with Gasteiger partial charge in [0.1, 0.15) is 11.3 Å². The largest absolute Gasteiger partial charge is 0.496 e. The summed E-state index contributed by atoms with van der Waals surface area (Å²) >= 11 is 6.03. The van der Waals surface area contributed by atoms with E-state index in [1.807, 2.05) is 0 Å². The maximum absolute atomic E-state index is 12.0. The Morgan fingerprint density at radius 3 is 2.55 bits per heavy atom. The summed E-state index contributed by atoms with van der Waals surface area (Å²) in [5, 5.41) is 14.8. The number of benzene rings is 1. The molecular weight excluding hydrogens is 308 g/mol. The molecule has 1 fully saturated rings. The molecule has 0 heterocycles.